The molecule has 0 unspecified atom stereocenters. The number of nitrogens with zero attached hydrogens (tertiary/aromatic N) is 3. The van der Waals surface area contributed by atoms with Crippen LogP contribution in [0.25, 0.3) is 0 Å². The molecule has 11 heteroatoms. The molecule has 200 valence electrons. The third-order valence-electron chi connectivity index (χ3n) is 6.56. The van der Waals surface area contributed by atoms with Gasteiger partial charge >= 0.3 is 0 Å². The summed E-state index contributed by atoms with van der Waals surface area (Å²) >= 11 is 0. The molecule has 2 aliphatic rings. The summed E-state index contributed by atoms with van der Waals surface area (Å²) in [4.78, 5) is 35.5. The lowest BCUT2D eigenvalue weighted by atomic mass is 9.84. The molecule has 2 heterocycles. The normalized spacial score (nSPS) is 20.7. The highest BCUT2D eigenvalue weighted by Gasteiger charge is 2.31. The van der Waals surface area contributed by atoms with E-state index in [-0.39, 0.29) is 51.9 Å². The van der Waals surface area contributed by atoms with Crippen LogP contribution in [0.2, 0.25) is 0 Å². The first-order valence-corrected chi connectivity index (χ1v) is 11.0. The smallest absolute Gasteiger partial charge is 0.251 e. The van der Waals surface area contributed by atoms with Crippen LogP contribution in [0.15, 0.2) is 12.1 Å². The van der Waals surface area contributed by atoms with Gasteiger partial charge in [-0.15, -0.1) is 0 Å². The Balaban J connectivity index is 0.00000216. The Hall–Kier alpha value is -2.82. The number of benzene rings is 1. The number of aromatic nitrogens is 2. The summed E-state index contributed by atoms with van der Waals surface area (Å²) in [6.07, 6.45) is 3.76. The number of rotatable bonds is 4. The lowest BCUT2D eigenvalue weighted by Crippen LogP contribution is -2.45. The summed E-state index contributed by atoms with van der Waals surface area (Å²) in [7, 11) is 1.84. The van der Waals surface area contributed by atoms with E-state index < -0.39 is 23.4 Å². The van der Waals surface area contributed by atoms with Crippen molar-refractivity contribution in [2.24, 2.45) is 5.92 Å². The Kier molecular flexibility index (Phi) is 10.8. The Bertz CT molecular complexity index is 1090. The van der Waals surface area contributed by atoms with Gasteiger partial charge in [-0.2, -0.15) is 13.5 Å². The maximum Gasteiger partial charge on any atom is 0.251 e. The molecule has 2 N–H and O–H groups in total. The van der Waals surface area contributed by atoms with Crippen LogP contribution in [0.5, 0.6) is 0 Å². The Morgan fingerprint density at radius 2 is 1.69 bits per heavy atom. The highest BCUT2D eigenvalue weighted by molar-refractivity contribution is 7.59. The second kappa shape index (κ2) is 12.4. The molecular formula is C25H36F3N5O2S. The third kappa shape index (κ3) is 6.29. The van der Waals surface area contributed by atoms with Crippen LogP contribution in [0, 0.1) is 30.3 Å². The lowest BCUT2D eigenvalue weighted by molar-refractivity contribution is -0.117. The number of halogens is 3. The largest absolute Gasteiger partial charge is 0.349 e. The number of aryl methyl sites for hydroxylation is 1. The van der Waals surface area contributed by atoms with Crippen molar-refractivity contribution in [2.45, 2.75) is 72.9 Å². The lowest BCUT2D eigenvalue weighted by Gasteiger charge is -2.33. The van der Waals surface area contributed by atoms with Gasteiger partial charge in [-0.1, -0.05) is 14.9 Å². The summed E-state index contributed by atoms with van der Waals surface area (Å²) in [6, 6.07) is 0.963. The van der Waals surface area contributed by atoms with Crippen molar-refractivity contribution in [1.82, 2.24) is 15.3 Å². The maximum atomic E-state index is 13.4. The summed E-state index contributed by atoms with van der Waals surface area (Å²) in [5.41, 5.74) is 1.13. The predicted molar refractivity (Wildman–Crippen MR) is 140 cm³/mol. The van der Waals surface area contributed by atoms with E-state index in [1.165, 1.54) is 0 Å². The van der Waals surface area contributed by atoms with Crippen molar-refractivity contribution in [3.63, 3.8) is 0 Å². The van der Waals surface area contributed by atoms with Crippen LogP contribution in [0.1, 0.15) is 69.3 Å². The van der Waals surface area contributed by atoms with Crippen LogP contribution in [0.4, 0.5) is 24.7 Å². The zero-order valence-corrected chi connectivity index (χ0v) is 20.2. The predicted octanol–water partition coefficient (Wildman–Crippen LogP) is 4.90. The number of carbonyl (C=O) groups is 2. The molecule has 1 aromatic carbocycles. The first-order chi connectivity index (χ1) is 15.6. The second-order valence-electron chi connectivity index (χ2n) is 8.85. The first-order valence-electron chi connectivity index (χ1n) is 11.0. The summed E-state index contributed by atoms with van der Waals surface area (Å²) in [5.74, 6) is -3.31. The molecule has 0 bridgehead atoms. The second-order valence-corrected chi connectivity index (χ2v) is 8.85. The number of hydrogen-bond acceptors (Lipinski definition) is 5. The molecule has 1 aliphatic heterocycles. The number of carbonyl (C=O) groups excluding carboxylic acids is 2. The SMILES string of the molecule is C.C.Cc1nc(CC2CCC(NC(=O)c3cc(F)c(F)c(F)c3)CC2)nc2c1NC(=O)[C@H](C)N2C.S. The highest BCUT2D eigenvalue weighted by atomic mass is 32.1. The average Bonchev–Trinajstić information content (AvgIpc) is 2.78. The van der Waals surface area contributed by atoms with Crippen molar-refractivity contribution in [2.75, 3.05) is 17.3 Å². The van der Waals surface area contributed by atoms with Gasteiger partial charge in [-0.05, 0) is 57.6 Å². The summed E-state index contributed by atoms with van der Waals surface area (Å²) in [5, 5.41) is 5.66. The van der Waals surface area contributed by atoms with E-state index in [0.29, 0.717) is 54.6 Å². The molecule has 0 radical (unpaired) electrons. The van der Waals surface area contributed by atoms with E-state index in [4.69, 9.17) is 4.98 Å². The summed E-state index contributed by atoms with van der Waals surface area (Å²) < 4.78 is 39.9. The number of nitrogens with one attached hydrogen (secondary N) is 2. The van der Waals surface area contributed by atoms with E-state index >= 15 is 0 Å². The molecule has 2 aromatic rings. The van der Waals surface area contributed by atoms with Crippen LogP contribution < -0.4 is 15.5 Å². The maximum absolute atomic E-state index is 13.4. The van der Waals surface area contributed by atoms with E-state index in [1.54, 1.807) is 0 Å². The van der Waals surface area contributed by atoms with Gasteiger partial charge in [0.15, 0.2) is 23.3 Å². The first kappa shape index (κ1) is 31.2. The van der Waals surface area contributed by atoms with Crippen LogP contribution in [-0.4, -0.2) is 40.9 Å². The van der Waals surface area contributed by atoms with E-state index in [0.717, 1.165) is 18.5 Å². The molecule has 36 heavy (non-hydrogen) atoms. The number of likely N-dealkylation sites (N-methyl/N-ethyl adjacent to an activating group) is 1. The van der Waals surface area contributed by atoms with Crippen molar-refractivity contribution < 1.29 is 22.8 Å². The van der Waals surface area contributed by atoms with Gasteiger partial charge in [-0.25, -0.2) is 23.1 Å². The fraction of sp³-hybridized carbons (Fsp3) is 0.520. The van der Waals surface area contributed by atoms with E-state index in [2.05, 4.69) is 15.6 Å². The molecule has 0 saturated heterocycles. The molecule has 1 aliphatic carbocycles. The quantitative estimate of drug-likeness (QED) is 0.553. The number of fused-ring (bicyclic) bond motifs is 1. The van der Waals surface area contributed by atoms with Crippen molar-refractivity contribution in [3.8, 4) is 0 Å². The molecule has 2 amide bonds. The number of anilines is 2. The minimum Gasteiger partial charge on any atom is -0.349 e. The van der Waals surface area contributed by atoms with Crippen LogP contribution >= 0.6 is 13.5 Å². The summed E-state index contributed by atoms with van der Waals surface area (Å²) in [6.45, 7) is 3.67. The Morgan fingerprint density at radius 3 is 2.28 bits per heavy atom. The van der Waals surface area contributed by atoms with Gasteiger partial charge in [0.25, 0.3) is 5.91 Å². The van der Waals surface area contributed by atoms with E-state index in [9.17, 15) is 22.8 Å². The third-order valence-corrected chi connectivity index (χ3v) is 6.56. The van der Waals surface area contributed by atoms with E-state index in [1.807, 2.05) is 25.8 Å². The van der Waals surface area contributed by atoms with Crippen molar-refractivity contribution in [1.29, 1.82) is 0 Å². The monoisotopic (exact) mass is 527 g/mol. The standard InChI is InChI=1S/C23H26F3N5O2.2CH4.H2S/c1-11-20-21(31(3)12(2)22(32)30-20)29-18(27-11)8-13-4-6-15(7-5-13)28-23(33)14-9-16(24)19(26)17(25)10-14;;;/h9-10,12-13,15H,4-8H2,1-3H3,(H,28,33)(H,30,32);2*1H4;1H2/t12-,13?,15?;;;/m0.../s1. The minimum atomic E-state index is -1.59. The molecular weight excluding hydrogens is 491 g/mol. The minimum absolute atomic E-state index is 0. The van der Waals surface area contributed by atoms with Crippen LogP contribution in [-0.2, 0) is 11.2 Å². The van der Waals surface area contributed by atoms with Gasteiger partial charge in [0.2, 0.25) is 5.91 Å². The van der Waals surface area contributed by atoms with Crippen molar-refractivity contribution in [3.05, 3.63) is 46.7 Å². The zero-order valence-electron chi connectivity index (χ0n) is 19.2. The van der Waals surface area contributed by atoms with Crippen molar-refractivity contribution >= 4 is 36.8 Å². The van der Waals surface area contributed by atoms with Gasteiger partial charge in [-0.3, -0.25) is 9.59 Å². The molecule has 1 aromatic heterocycles. The zero-order chi connectivity index (χ0) is 23.9. The van der Waals surface area contributed by atoms with Gasteiger partial charge in [0.05, 0.1) is 5.69 Å². The molecule has 1 atom stereocenters. The molecule has 1 fully saturated rings. The fourth-order valence-electron chi connectivity index (χ4n) is 4.42. The average molecular weight is 528 g/mol. The Labute approximate surface area is 217 Å². The molecule has 7 nitrogen and oxygen atoms in total. The van der Waals surface area contributed by atoms with Gasteiger partial charge in [0, 0.05) is 25.1 Å². The molecule has 4 rings (SSSR count). The number of amides is 2. The van der Waals surface area contributed by atoms with Gasteiger partial charge in [0.1, 0.15) is 17.6 Å². The van der Waals surface area contributed by atoms with Crippen LogP contribution in [0.3, 0.4) is 0 Å². The fourth-order valence-corrected chi connectivity index (χ4v) is 4.42. The highest BCUT2D eigenvalue weighted by Crippen LogP contribution is 2.33. The topological polar surface area (TPSA) is 87.2 Å². The molecule has 0 spiro atoms. The Morgan fingerprint density at radius 1 is 1.11 bits per heavy atom. The van der Waals surface area contributed by atoms with Gasteiger partial charge < -0.3 is 15.5 Å². The molecule has 1 saturated carbocycles. The number of hydrogen-bond donors (Lipinski definition) is 2.